The van der Waals surface area contributed by atoms with Crippen LogP contribution in [0.5, 0.6) is 0 Å². The molecule has 0 bridgehead atoms. The van der Waals surface area contributed by atoms with E-state index in [0.29, 0.717) is 24.8 Å². The molecule has 1 N–H and O–H groups in total. The number of rotatable bonds is 3. The molecule has 3 aliphatic rings. The first-order chi connectivity index (χ1) is 14.5. The number of methoxy groups -OCH3 is 1. The molecule has 3 fully saturated rings. The molecule has 2 saturated carbocycles. The van der Waals surface area contributed by atoms with Crippen molar-refractivity contribution in [2.24, 2.45) is 28.6 Å². The topological polar surface area (TPSA) is 112 Å². The lowest BCUT2D eigenvalue weighted by molar-refractivity contribution is -0.227. The number of carbonyl (C=O) groups excluding carboxylic acids is 3. The maximum atomic E-state index is 13.0. The molecular weight excluding hydrogens is 404 g/mol. The fourth-order valence-corrected chi connectivity index (χ4v) is 7.02. The molecule has 8 atom stereocenters. The molecule has 8 unspecified atom stereocenters. The fourth-order valence-electron chi connectivity index (χ4n) is 7.02. The van der Waals surface area contributed by atoms with Crippen LogP contribution in [0, 0.1) is 28.6 Å². The first-order valence-corrected chi connectivity index (χ1v) is 10.7. The highest BCUT2D eigenvalue weighted by Crippen LogP contribution is 2.71. The molecule has 0 radical (unpaired) electrons. The lowest BCUT2D eigenvalue weighted by Gasteiger charge is -2.55. The van der Waals surface area contributed by atoms with Crippen LogP contribution in [0.3, 0.4) is 0 Å². The summed E-state index contributed by atoms with van der Waals surface area (Å²) in [5, 5.41) is 12.4. The SMILES string of the molecule is COC(=O)C1(C)CCCC2(C)C1C(OC(C)=O)C1C(c3ccoc3)OC(=O)C(C)C12O. The van der Waals surface area contributed by atoms with Gasteiger partial charge in [-0.15, -0.1) is 0 Å². The van der Waals surface area contributed by atoms with E-state index < -0.39 is 64.3 Å². The van der Waals surface area contributed by atoms with Crippen LogP contribution in [0.1, 0.15) is 58.6 Å². The van der Waals surface area contributed by atoms with Crippen LogP contribution in [0.4, 0.5) is 0 Å². The molecular formula is C23H30O8. The largest absolute Gasteiger partial charge is 0.472 e. The van der Waals surface area contributed by atoms with Gasteiger partial charge in [-0.2, -0.15) is 0 Å². The summed E-state index contributed by atoms with van der Waals surface area (Å²) < 4.78 is 22.0. The summed E-state index contributed by atoms with van der Waals surface area (Å²) in [7, 11) is 1.33. The van der Waals surface area contributed by atoms with Crippen LogP contribution in [0.25, 0.3) is 0 Å². The molecule has 4 rings (SSSR count). The monoisotopic (exact) mass is 434 g/mol. The Morgan fingerprint density at radius 1 is 1.26 bits per heavy atom. The van der Waals surface area contributed by atoms with Crippen molar-refractivity contribution < 1.29 is 38.1 Å². The predicted octanol–water partition coefficient (Wildman–Crippen LogP) is 2.79. The Morgan fingerprint density at radius 3 is 2.55 bits per heavy atom. The zero-order valence-electron chi connectivity index (χ0n) is 18.5. The number of carbonyl (C=O) groups is 3. The molecule has 2 aliphatic carbocycles. The van der Waals surface area contributed by atoms with E-state index >= 15 is 0 Å². The molecule has 1 saturated heterocycles. The maximum absolute atomic E-state index is 13.0. The van der Waals surface area contributed by atoms with Crippen molar-refractivity contribution in [1.82, 2.24) is 0 Å². The minimum Gasteiger partial charge on any atom is -0.472 e. The zero-order chi connectivity index (χ0) is 22.8. The number of hydrogen-bond acceptors (Lipinski definition) is 8. The molecule has 8 heteroatoms. The van der Waals surface area contributed by atoms with Gasteiger partial charge in [0.15, 0.2) is 0 Å². The van der Waals surface area contributed by atoms with Crippen molar-refractivity contribution in [2.75, 3.05) is 7.11 Å². The van der Waals surface area contributed by atoms with E-state index in [-0.39, 0.29) is 0 Å². The molecule has 0 spiro atoms. The lowest BCUT2D eigenvalue weighted by Crippen LogP contribution is -2.62. The second kappa shape index (κ2) is 7.08. The smallest absolute Gasteiger partial charge is 0.312 e. The summed E-state index contributed by atoms with van der Waals surface area (Å²) in [6, 6.07) is 1.67. The predicted molar refractivity (Wildman–Crippen MR) is 106 cm³/mol. The van der Waals surface area contributed by atoms with Gasteiger partial charge in [-0.05, 0) is 32.8 Å². The quantitative estimate of drug-likeness (QED) is 0.571. The zero-order valence-corrected chi connectivity index (χ0v) is 18.5. The van der Waals surface area contributed by atoms with Crippen molar-refractivity contribution in [3.63, 3.8) is 0 Å². The normalized spacial score (nSPS) is 44.1. The summed E-state index contributed by atoms with van der Waals surface area (Å²) >= 11 is 0. The third-order valence-electron chi connectivity index (χ3n) is 8.28. The lowest BCUT2D eigenvalue weighted by atomic mass is 9.51. The van der Waals surface area contributed by atoms with Crippen molar-refractivity contribution in [3.8, 4) is 0 Å². The van der Waals surface area contributed by atoms with Gasteiger partial charge in [-0.3, -0.25) is 14.4 Å². The summed E-state index contributed by atoms with van der Waals surface area (Å²) in [4.78, 5) is 38.1. The van der Waals surface area contributed by atoms with Gasteiger partial charge in [0.1, 0.15) is 12.2 Å². The first-order valence-electron chi connectivity index (χ1n) is 10.7. The van der Waals surface area contributed by atoms with Gasteiger partial charge in [-0.1, -0.05) is 13.3 Å². The second-order valence-electron chi connectivity index (χ2n) is 9.72. The highest BCUT2D eigenvalue weighted by Gasteiger charge is 2.78. The molecule has 8 nitrogen and oxygen atoms in total. The van der Waals surface area contributed by atoms with E-state index in [2.05, 4.69) is 0 Å². The standard InChI is InChI=1S/C23H30O8/c1-12-19(25)31-16(14-7-10-29-11-14)15-17(30-13(2)24)18-21(3,20(26)28-5)8-6-9-22(18,4)23(12,15)27/h7,10-12,15-18,27H,6,8-9H2,1-5H3. The molecule has 1 aromatic heterocycles. The van der Waals surface area contributed by atoms with Gasteiger partial charge >= 0.3 is 17.9 Å². The van der Waals surface area contributed by atoms with Gasteiger partial charge < -0.3 is 23.7 Å². The van der Waals surface area contributed by atoms with Crippen molar-refractivity contribution in [2.45, 2.75) is 64.8 Å². The average molecular weight is 434 g/mol. The number of furan rings is 1. The Bertz CT molecular complexity index is 893. The van der Waals surface area contributed by atoms with Gasteiger partial charge in [0.05, 0.1) is 42.5 Å². The van der Waals surface area contributed by atoms with E-state index in [0.717, 1.165) is 0 Å². The highest BCUT2D eigenvalue weighted by atomic mass is 16.6. The third kappa shape index (κ3) is 2.73. The number of esters is 3. The minimum atomic E-state index is -1.56. The van der Waals surface area contributed by atoms with Crippen LogP contribution in [0.2, 0.25) is 0 Å². The van der Waals surface area contributed by atoms with E-state index in [9.17, 15) is 19.5 Å². The van der Waals surface area contributed by atoms with E-state index in [1.165, 1.54) is 26.6 Å². The summed E-state index contributed by atoms with van der Waals surface area (Å²) in [6.07, 6.45) is 2.96. The Hall–Kier alpha value is -2.35. The molecule has 1 aliphatic heterocycles. The van der Waals surface area contributed by atoms with Crippen LogP contribution in [0.15, 0.2) is 23.0 Å². The molecule has 170 valence electrons. The van der Waals surface area contributed by atoms with E-state index in [1.54, 1.807) is 19.9 Å². The van der Waals surface area contributed by atoms with Crippen LogP contribution >= 0.6 is 0 Å². The average Bonchev–Trinajstić information content (AvgIpc) is 3.30. The van der Waals surface area contributed by atoms with Crippen molar-refractivity contribution in [3.05, 3.63) is 24.2 Å². The number of ether oxygens (including phenoxy) is 3. The Balaban J connectivity index is 1.97. The fraction of sp³-hybridized carbons (Fsp3) is 0.696. The Kier molecular flexibility index (Phi) is 5.00. The van der Waals surface area contributed by atoms with Crippen LogP contribution in [-0.4, -0.2) is 41.8 Å². The third-order valence-corrected chi connectivity index (χ3v) is 8.28. The van der Waals surface area contributed by atoms with Crippen LogP contribution < -0.4 is 0 Å². The number of hydrogen-bond donors (Lipinski definition) is 1. The number of cyclic esters (lactones) is 1. The molecule has 1 aromatic rings. The number of aliphatic hydroxyl groups is 1. The first kappa shape index (κ1) is 21.9. The maximum Gasteiger partial charge on any atom is 0.312 e. The van der Waals surface area contributed by atoms with E-state index in [1.807, 2.05) is 6.92 Å². The second-order valence-corrected chi connectivity index (χ2v) is 9.72. The van der Waals surface area contributed by atoms with Gasteiger partial charge in [0.25, 0.3) is 0 Å². The molecule has 0 amide bonds. The van der Waals surface area contributed by atoms with Gasteiger partial charge in [0.2, 0.25) is 0 Å². The molecule has 0 aromatic carbocycles. The van der Waals surface area contributed by atoms with Gasteiger partial charge in [-0.25, -0.2) is 0 Å². The Morgan fingerprint density at radius 2 is 1.97 bits per heavy atom. The van der Waals surface area contributed by atoms with Crippen molar-refractivity contribution >= 4 is 17.9 Å². The molecule has 31 heavy (non-hydrogen) atoms. The van der Waals surface area contributed by atoms with Crippen molar-refractivity contribution in [1.29, 1.82) is 0 Å². The summed E-state index contributed by atoms with van der Waals surface area (Å²) in [6.45, 7) is 6.65. The highest BCUT2D eigenvalue weighted by molar-refractivity contribution is 5.79. The number of fused-ring (bicyclic) bond motifs is 3. The van der Waals surface area contributed by atoms with E-state index in [4.69, 9.17) is 18.6 Å². The summed E-state index contributed by atoms with van der Waals surface area (Å²) in [5.74, 6) is -3.66. The molecule has 2 heterocycles. The minimum absolute atomic E-state index is 0.414. The Labute approximate surface area is 181 Å². The summed E-state index contributed by atoms with van der Waals surface area (Å²) in [5.41, 5.74) is -2.88. The van der Waals surface area contributed by atoms with Crippen LogP contribution in [-0.2, 0) is 28.6 Å². The van der Waals surface area contributed by atoms with Gasteiger partial charge in [0, 0.05) is 23.8 Å².